The number of nitrogens with zero attached hydrogens (tertiary/aromatic N) is 3. The van der Waals surface area contributed by atoms with Crippen LogP contribution < -0.4 is 10.1 Å². The molecule has 6 nitrogen and oxygen atoms in total. The third kappa shape index (κ3) is 4.45. The third-order valence-corrected chi connectivity index (χ3v) is 5.98. The zero-order valence-electron chi connectivity index (χ0n) is 18.2. The molecule has 0 spiro atoms. The summed E-state index contributed by atoms with van der Waals surface area (Å²) < 4.78 is 11.9. The summed E-state index contributed by atoms with van der Waals surface area (Å²) in [6, 6.07) is 23.4. The van der Waals surface area contributed by atoms with Crippen LogP contribution >= 0.6 is 12.2 Å². The number of rotatable bonds is 7. The van der Waals surface area contributed by atoms with E-state index in [1.165, 1.54) is 0 Å². The Bertz CT molecular complexity index is 1210. The van der Waals surface area contributed by atoms with E-state index in [0.717, 1.165) is 34.2 Å². The molecule has 1 aromatic carbocycles. The molecule has 0 amide bonds. The van der Waals surface area contributed by atoms with Crippen molar-refractivity contribution < 1.29 is 9.15 Å². The summed E-state index contributed by atoms with van der Waals surface area (Å²) in [5.74, 6) is 2.45. The number of pyridine rings is 2. The molecule has 5 rings (SSSR count). The van der Waals surface area contributed by atoms with Crippen molar-refractivity contribution in [2.45, 2.75) is 25.6 Å². The normalized spacial score (nSPS) is 17.7. The topological polar surface area (TPSA) is 63.4 Å². The Hall–Kier alpha value is -3.71. The van der Waals surface area contributed by atoms with Crippen LogP contribution in [-0.4, -0.2) is 26.6 Å². The van der Waals surface area contributed by atoms with E-state index in [4.69, 9.17) is 21.4 Å². The maximum absolute atomic E-state index is 6.39. The average Bonchev–Trinajstić information content (AvgIpc) is 3.46. The standard InChI is InChI=1S/C26H24N4O2S/c1-2-31-20-11-9-18(10-12-20)22-13-14-23(32-22)25-24(21-8-4-6-16-28-21)29-26(33)30(25)17-19-7-3-5-15-27-19/h3-16,24-25H,2,17H2,1H3,(H,29,33)/t24-,25+/m1/s1. The van der Waals surface area contributed by atoms with E-state index in [9.17, 15) is 0 Å². The van der Waals surface area contributed by atoms with Crippen molar-refractivity contribution in [1.82, 2.24) is 20.2 Å². The minimum absolute atomic E-state index is 0.137. The van der Waals surface area contributed by atoms with Crippen LogP contribution in [0.2, 0.25) is 0 Å². The first kappa shape index (κ1) is 21.2. The minimum Gasteiger partial charge on any atom is -0.494 e. The van der Waals surface area contributed by atoms with Crippen molar-refractivity contribution in [2.24, 2.45) is 0 Å². The summed E-state index contributed by atoms with van der Waals surface area (Å²) in [7, 11) is 0. The molecule has 1 aliphatic rings. The molecule has 0 aliphatic carbocycles. The van der Waals surface area contributed by atoms with Gasteiger partial charge in [-0.1, -0.05) is 12.1 Å². The molecule has 2 atom stereocenters. The molecule has 0 saturated carbocycles. The Morgan fingerprint density at radius 3 is 2.45 bits per heavy atom. The van der Waals surface area contributed by atoms with Crippen LogP contribution in [-0.2, 0) is 6.54 Å². The molecule has 0 bridgehead atoms. The van der Waals surface area contributed by atoms with Gasteiger partial charge in [-0.15, -0.1) is 0 Å². The number of hydrogen-bond donors (Lipinski definition) is 1. The van der Waals surface area contributed by atoms with Gasteiger partial charge in [0.1, 0.15) is 23.3 Å². The number of thiocarbonyl (C=S) groups is 1. The van der Waals surface area contributed by atoms with Crippen molar-refractivity contribution in [1.29, 1.82) is 0 Å². The molecule has 0 unspecified atom stereocenters. The molecule has 0 radical (unpaired) electrons. The fourth-order valence-electron chi connectivity index (χ4n) is 4.10. The molecule has 33 heavy (non-hydrogen) atoms. The fraction of sp³-hybridized carbons (Fsp3) is 0.192. The largest absolute Gasteiger partial charge is 0.494 e. The second-order valence-corrected chi connectivity index (χ2v) is 8.12. The van der Waals surface area contributed by atoms with Gasteiger partial charge in [0.25, 0.3) is 0 Å². The van der Waals surface area contributed by atoms with Gasteiger partial charge in [0, 0.05) is 18.0 Å². The maximum atomic E-state index is 6.39. The number of ether oxygens (including phenoxy) is 1. The molecule has 1 saturated heterocycles. The van der Waals surface area contributed by atoms with Gasteiger partial charge in [-0.05, 0) is 79.8 Å². The highest BCUT2D eigenvalue weighted by Gasteiger charge is 2.41. The number of hydrogen-bond acceptors (Lipinski definition) is 5. The Labute approximate surface area is 198 Å². The van der Waals surface area contributed by atoms with E-state index >= 15 is 0 Å². The fourth-order valence-corrected chi connectivity index (χ4v) is 4.41. The number of furan rings is 1. The molecule has 1 aliphatic heterocycles. The highest BCUT2D eigenvalue weighted by atomic mass is 32.1. The highest BCUT2D eigenvalue weighted by Crippen LogP contribution is 2.41. The van der Waals surface area contributed by atoms with Gasteiger partial charge in [0.05, 0.1) is 30.6 Å². The van der Waals surface area contributed by atoms with E-state index in [-0.39, 0.29) is 12.1 Å². The van der Waals surface area contributed by atoms with Crippen LogP contribution in [0.15, 0.2) is 89.6 Å². The van der Waals surface area contributed by atoms with Crippen molar-refractivity contribution >= 4 is 17.3 Å². The van der Waals surface area contributed by atoms with Crippen molar-refractivity contribution in [3.05, 3.63) is 102 Å². The van der Waals surface area contributed by atoms with Crippen LogP contribution in [0, 0.1) is 0 Å². The van der Waals surface area contributed by atoms with Crippen molar-refractivity contribution in [3.63, 3.8) is 0 Å². The Morgan fingerprint density at radius 1 is 0.970 bits per heavy atom. The number of benzene rings is 1. The van der Waals surface area contributed by atoms with Gasteiger partial charge < -0.3 is 19.4 Å². The lowest BCUT2D eigenvalue weighted by molar-refractivity contribution is 0.267. The molecule has 4 aromatic rings. The van der Waals surface area contributed by atoms with Gasteiger partial charge >= 0.3 is 0 Å². The zero-order valence-corrected chi connectivity index (χ0v) is 19.0. The molecule has 3 aromatic heterocycles. The maximum Gasteiger partial charge on any atom is 0.170 e. The van der Waals surface area contributed by atoms with E-state index in [1.54, 1.807) is 12.4 Å². The summed E-state index contributed by atoms with van der Waals surface area (Å²) in [5.41, 5.74) is 2.84. The SMILES string of the molecule is CCOc1ccc(-c2ccc([C@H]3[C@@H](c4ccccn4)NC(=S)N3Cc3ccccn3)o2)cc1. The summed E-state index contributed by atoms with van der Waals surface area (Å²) in [5, 5.41) is 4.10. The molecule has 1 fully saturated rings. The molecule has 166 valence electrons. The predicted molar refractivity (Wildman–Crippen MR) is 131 cm³/mol. The molecular formula is C26H24N4O2S. The lowest BCUT2D eigenvalue weighted by Crippen LogP contribution is -2.29. The number of nitrogens with one attached hydrogen (secondary N) is 1. The number of aromatic nitrogens is 2. The van der Waals surface area contributed by atoms with Crippen LogP contribution in [0.25, 0.3) is 11.3 Å². The van der Waals surface area contributed by atoms with Gasteiger partial charge in [0.2, 0.25) is 0 Å². The minimum atomic E-state index is -0.161. The van der Waals surface area contributed by atoms with Crippen LogP contribution in [0.1, 0.15) is 36.2 Å². The van der Waals surface area contributed by atoms with Gasteiger partial charge in [-0.25, -0.2) is 0 Å². The molecular weight excluding hydrogens is 432 g/mol. The van der Waals surface area contributed by atoms with Crippen molar-refractivity contribution in [3.8, 4) is 17.1 Å². The lowest BCUT2D eigenvalue weighted by atomic mass is 10.0. The van der Waals surface area contributed by atoms with E-state index in [0.29, 0.717) is 18.3 Å². The lowest BCUT2D eigenvalue weighted by Gasteiger charge is -2.25. The van der Waals surface area contributed by atoms with Gasteiger partial charge in [-0.3, -0.25) is 9.97 Å². The van der Waals surface area contributed by atoms with Crippen LogP contribution in [0.5, 0.6) is 5.75 Å². The average molecular weight is 457 g/mol. The summed E-state index contributed by atoms with van der Waals surface area (Å²) in [4.78, 5) is 11.2. The predicted octanol–water partition coefficient (Wildman–Crippen LogP) is 5.31. The van der Waals surface area contributed by atoms with Crippen LogP contribution in [0.4, 0.5) is 0 Å². The zero-order chi connectivity index (χ0) is 22.6. The highest BCUT2D eigenvalue weighted by molar-refractivity contribution is 7.80. The summed E-state index contributed by atoms with van der Waals surface area (Å²) >= 11 is 5.74. The van der Waals surface area contributed by atoms with Gasteiger partial charge in [0.15, 0.2) is 5.11 Å². The first-order valence-electron chi connectivity index (χ1n) is 10.9. The Morgan fingerprint density at radius 2 is 1.76 bits per heavy atom. The van der Waals surface area contributed by atoms with E-state index in [2.05, 4.69) is 20.2 Å². The first-order chi connectivity index (χ1) is 16.2. The Kier molecular flexibility index (Phi) is 6.04. The molecule has 4 heterocycles. The third-order valence-electron chi connectivity index (χ3n) is 5.62. The van der Waals surface area contributed by atoms with Crippen LogP contribution in [0.3, 0.4) is 0 Å². The quantitative estimate of drug-likeness (QED) is 0.378. The first-order valence-corrected chi connectivity index (χ1v) is 11.3. The van der Waals surface area contributed by atoms with E-state index < -0.39 is 0 Å². The second kappa shape index (κ2) is 9.42. The van der Waals surface area contributed by atoms with Gasteiger partial charge in [-0.2, -0.15) is 0 Å². The van der Waals surface area contributed by atoms with E-state index in [1.807, 2.05) is 79.7 Å². The molecule has 7 heteroatoms. The van der Waals surface area contributed by atoms with Crippen molar-refractivity contribution in [2.75, 3.05) is 6.61 Å². The monoisotopic (exact) mass is 456 g/mol. The second-order valence-electron chi connectivity index (χ2n) is 7.73. The molecule has 1 N–H and O–H groups in total. The summed E-state index contributed by atoms with van der Waals surface area (Å²) in [6.07, 6.45) is 3.59. The summed E-state index contributed by atoms with van der Waals surface area (Å²) in [6.45, 7) is 3.18. The Balaban J connectivity index is 1.49. The smallest absolute Gasteiger partial charge is 0.170 e.